The van der Waals surface area contributed by atoms with Gasteiger partial charge in [-0.3, -0.25) is 4.79 Å². The van der Waals surface area contributed by atoms with E-state index >= 15 is 0 Å². The first-order valence-corrected chi connectivity index (χ1v) is 9.11. The molecule has 136 valence electrons. The second kappa shape index (κ2) is 6.73. The van der Waals surface area contributed by atoms with Crippen LogP contribution in [0.4, 0.5) is 4.39 Å². The second-order valence-electron chi connectivity index (χ2n) is 8.05. The van der Waals surface area contributed by atoms with Gasteiger partial charge in [0.2, 0.25) is 5.91 Å². The summed E-state index contributed by atoms with van der Waals surface area (Å²) >= 11 is 0. The molecule has 0 atom stereocenters. The first kappa shape index (κ1) is 18.4. The van der Waals surface area contributed by atoms with Crippen molar-refractivity contribution in [3.05, 3.63) is 29.6 Å². The van der Waals surface area contributed by atoms with Gasteiger partial charge in [-0.1, -0.05) is 6.07 Å². The van der Waals surface area contributed by atoms with Gasteiger partial charge in [-0.15, -0.1) is 0 Å². The molecule has 1 aromatic rings. The Morgan fingerprint density at radius 3 is 2.32 bits per heavy atom. The molecule has 1 aromatic carbocycles. The molecule has 0 aliphatic carbocycles. The molecule has 2 aliphatic heterocycles. The Morgan fingerprint density at radius 2 is 1.72 bits per heavy atom. The van der Waals surface area contributed by atoms with Crippen LogP contribution >= 0.6 is 0 Å². The van der Waals surface area contributed by atoms with Crippen molar-refractivity contribution in [1.29, 1.82) is 0 Å². The molecular weight excluding hydrogens is 320 g/mol. The Labute approximate surface area is 149 Å². The van der Waals surface area contributed by atoms with Crippen molar-refractivity contribution in [3.63, 3.8) is 0 Å². The van der Waals surface area contributed by atoms with Crippen LogP contribution in [-0.2, 0) is 20.5 Å². The molecule has 0 spiro atoms. The lowest BCUT2D eigenvalue weighted by Crippen LogP contribution is -2.41. The number of carbonyl (C=O) groups excluding carboxylic acids is 1. The Bertz CT molecular complexity index is 640. The van der Waals surface area contributed by atoms with Gasteiger partial charge in [0.25, 0.3) is 0 Å². The molecular formula is C19H27BFNO3. The zero-order chi connectivity index (χ0) is 18.2. The van der Waals surface area contributed by atoms with Crippen LogP contribution in [0.2, 0.25) is 0 Å². The normalized spacial score (nSPS) is 22.3. The number of benzene rings is 1. The molecule has 2 aliphatic rings. The number of carbonyl (C=O) groups is 1. The minimum atomic E-state index is -0.662. The van der Waals surface area contributed by atoms with Crippen molar-refractivity contribution >= 4 is 18.5 Å². The molecule has 3 rings (SSSR count). The van der Waals surface area contributed by atoms with E-state index in [-0.39, 0.29) is 18.1 Å². The third-order valence-electron chi connectivity index (χ3n) is 5.67. The van der Waals surface area contributed by atoms with E-state index in [0.717, 1.165) is 31.5 Å². The summed E-state index contributed by atoms with van der Waals surface area (Å²) in [5.74, 6) is -0.261. The van der Waals surface area contributed by atoms with E-state index in [0.29, 0.717) is 5.46 Å². The number of likely N-dealkylation sites (tertiary alicyclic amines) is 1. The number of halogens is 1. The molecule has 1 amide bonds. The summed E-state index contributed by atoms with van der Waals surface area (Å²) in [6, 6.07) is 4.51. The average molecular weight is 347 g/mol. The van der Waals surface area contributed by atoms with Crippen molar-refractivity contribution < 1.29 is 18.5 Å². The molecule has 0 bridgehead atoms. The van der Waals surface area contributed by atoms with Crippen LogP contribution in [0.15, 0.2) is 18.2 Å². The second-order valence-corrected chi connectivity index (χ2v) is 8.05. The van der Waals surface area contributed by atoms with Crippen molar-refractivity contribution in [2.24, 2.45) is 0 Å². The van der Waals surface area contributed by atoms with E-state index in [1.165, 1.54) is 18.6 Å². The fourth-order valence-corrected chi connectivity index (χ4v) is 3.33. The lowest BCUT2D eigenvalue weighted by Gasteiger charge is -2.32. The number of nitrogens with zero attached hydrogens (tertiary/aromatic N) is 1. The van der Waals surface area contributed by atoms with E-state index in [1.54, 1.807) is 6.07 Å². The van der Waals surface area contributed by atoms with Crippen LogP contribution in [0.5, 0.6) is 0 Å². The highest BCUT2D eigenvalue weighted by Gasteiger charge is 2.52. The molecule has 0 aromatic heterocycles. The highest BCUT2D eigenvalue weighted by atomic mass is 19.1. The largest absolute Gasteiger partial charge is 0.495 e. The van der Waals surface area contributed by atoms with Gasteiger partial charge in [-0.2, -0.15) is 0 Å². The molecule has 2 heterocycles. The Kier molecular flexibility index (Phi) is 4.95. The van der Waals surface area contributed by atoms with Crippen LogP contribution in [0.3, 0.4) is 0 Å². The minimum Gasteiger partial charge on any atom is -0.399 e. The Balaban J connectivity index is 1.83. The minimum absolute atomic E-state index is 0.0871. The van der Waals surface area contributed by atoms with Gasteiger partial charge in [0.05, 0.1) is 17.6 Å². The van der Waals surface area contributed by atoms with E-state index in [9.17, 15) is 9.18 Å². The summed E-state index contributed by atoms with van der Waals surface area (Å²) in [4.78, 5) is 14.5. The maximum absolute atomic E-state index is 13.9. The van der Waals surface area contributed by atoms with Crippen LogP contribution in [0.1, 0.15) is 52.5 Å². The number of piperidine rings is 1. The van der Waals surface area contributed by atoms with E-state index in [1.807, 2.05) is 32.6 Å². The molecule has 2 fully saturated rings. The van der Waals surface area contributed by atoms with Gasteiger partial charge < -0.3 is 14.2 Å². The van der Waals surface area contributed by atoms with Crippen molar-refractivity contribution in [2.75, 3.05) is 13.1 Å². The number of hydrogen-bond donors (Lipinski definition) is 0. The van der Waals surface area contributed by atoms with Crippen molar-refractivity contribution in [1.82, 2.24) is 4.90 Å². The zero-order valence-electron chi connectivity index (χ0n) is 15.6. The smallest absolute Gasteiger partial charge is 0.399 e. The van der Waals surface area contributed by atoms with Crippen molar-refractivity contribution in [3.8, 4) is 0 Å². The van der Waals surface area contributed by atoms with E-state index < -0.39 is 18.3 Å². The SMILES string of the molecule is CC1(C)OB(c2cc(F)ccc2CC(=O)N2CCCCC2)OC1(C)C. The van der Waals surface area contributed by atoms with Gasteiger partial charge in [-0.25, -0.2) is 4.39 Å². The summed E-state index contributed by atoms with van der Waals surface area (Å²) in [5, 5.41) is 0. The highest BCUT2D eigenvalue weighted by molar-refractivity contribution is 6.62. The molecule has 6 heteroatoms. The molecule has 0 N–H and O–H groups in total. The molecule has 4 nitrogen and oxygen atoms in total. The summed E-state index contributed by atoms with van der Waals surface area (Å²) in [7, 11) is -0.662. The Hall–Kier alpha value is -1.40. The van der Waals surface area contributed by atoms with Crippen molar-refractivity contribution in [2.45, 2.75) is 64.6 Å². The van der Waals surface area contributed by atoms with E-state index in [2.05, 4.69) is 0 Å². The monoisotopic (exact) mass is 347 g/mol. The molecule has 25 heavy (non-hydrogen) atoms. The topological polar surface area (TPSA) is 38.8 Å². The third-order valence-corrected chi connectivity index (χ3v) is 5.67. The fraction of sp³-hybridized carbons (Fsp3) is 0.632. The van der Waals surface area contributed by atoms with Gasteiger partial charge in [0, 0.05) is 13.1 Å². The van der Waals surface area contributed by atoms with Gasteiger partial charge in [0.15, 0.2) is 0 Å². The van der Waals surface area contributed by atoms with Crippen LogP contribution < -0.4 is 5.46 Å². The summed E-state index contributed by atoms with van der Waals surface area (Å²) in [6.45, 7) is 9.48. The maximum Gasteiger partial charge on any atom is 0.495 e. The maximum atomic E-state index is 13.9. The number of amides is 1. The number of rotatable bonds is 3. The lowest BCUT2D eigenvalue weighted by molar-refractivity contribution is -0.131. The highest BCUT2D eigenvalue weighted by Crippen LogP contribution is 2.36. The molecule has 0 radical (unpaired) electrons. The lowest BCUT2D eigenvalue weighted by atomic mass is 9.75. The quantitative estimate of drug-likeness (QED) is 0.790. The van der Waals surface area contributed by atoms with Crippen LogP contribution in [-0.4, -0.2) is 42.2 Å². The summed E-state index contributed by atoms with van der Waals surface area (Å²) in [5.41, 5.74) is 0.385. The fourth-order valence-electron chi connectivity index (χ4n) is 3.33. The van der Waals surface area contributed by atoms with E-state index in [4.69, 9.17) is 9.31 Å². The van der Waals surface area contributed by atoms with Gasteiger partial charge in [0.1, 0.15) is 5.82 Å². The average Bonchev–Trinajstić information content (AvgIpc) is 2.78. The molecule has 0 saturated carbocycles. The first-order chi connectivity index (χ1) is 11.7. The number of hydrogen-bond acceptors (Lipinski definition) is 3. The summed E-state index contributed by atoms with van der Waals surface area (Å²) in [6.07, 6.45) is 3.54. The molecule has 0 unspecified atom stereocenters. The van der Waals surface area contributed by atoms with Gasteiger partial charge in [-0.05, 0) is 70.1 Å². The summed E-state index contributed by atoms with van der Waals surface area (Å²) < 4.78 is 26.0. The first-order valence-electron chi connectivity index (χ1n) is 9.11. The standard InChI is InChI=1S/C19H27BFNO3/c1-18(2)19(3,4)25-20(24-18)16-13-15(21)9-8-14(16)12-17(23)22-10-6-5-7-11-22/h8-9,13H,5-7,10-12H2,1-4H3. The third kappa shape index (κ3) is 3.75. The van der Waals surface area contributed by atoms with Gasteiger partial charge >= 0.3 is 7.12 Å². The predicted molar refractivity (Wildman–Crippen MR) is 96.3 cm³/mol. The Morgan fingerprint density at radius 1 is 1.12 bits per heavy atom. The molecule has 2 saturated heterocycles. The van der Waals surface area contributed by atoms with Crippen LogP contribution in [0, 0.1) is 5.82 Å². The predicted octanol–water partition coefficient (Wildman–Crippen LogP) is 2.68. The van der Waals surface area contributed by atoms with Crippen LogP contribution in [0.25, 0.3) is 0 Å². The zero-order valence-corrected chi connectivity index (χ0v) is 15.6.